The molecule has 0 spiro atoms. The SMILES string of the molecule is COc1ccc(NC(=O)c2cccc(Nc3cc(-c4ccc(C)cc4)ncn3)c2)cc1. The lowest BCUT2D eigenvalue weighted by atomic mass is 10.1. The zero-order valence-corrected chi connectivity index (χ0v) is 17.3. The van der Waals surface area contributed by atoms with Gasteiger partial charge in [-0.1, -0.05) is 35.9 Å². The molecule has 31 heavy (non-hydrogen) atoms. The highest BCUT2D eigenvalue weighted by molar-refractivity contribution is 6.04. The lowest BCUT2D eigenvalue weighted by Gasteiger charge is -2.10. The third-order valence-corrected chi connectivity index (χ3v) is 4.76. The summed E-state index contributed by atoms with van der Waals surface area (Å²) in [7, 11) is 1.60. The lowest BCUT2D eigenvalue weighted by molar-refractivity contribution is 0.102. The Labute approximate surface area is 181 Å². The molecule has 0 radical (unpaired) electrons. The van der Waals surface area contributed by atoms with Gasteiger partial charge >= 0.3 is 0 Å². The molecule has 154 valence electrons. The average molecular weight is 410 g/mol. The maximum atomic E-state index is 12.6. The van der Waals surface area contributed by atoms with Crippen LogP contribution in [0.1, 0.15) is 15.9 Å². The van der Waals surface area contributed by atoms with Gasteiger partial charge < -0.3 is 15.4 Å². The maximum absolute atomic E-state index is 12.6. The zero-order chi connectivity index (χ0) is 21.6. The highest BCUT2D eigenvalue weighted by atomic mass is 16.5. The molecule has 2 N–H and O–H groups in total. The molecule has 1 aromatic heterocycles. The highest BCUT2D eigenvalue weighted by Gasteiger charge is 2.08. The van der Waals surface area contributed by atoms with Crippen molar-refractivity contribution in [1.29, 1.82) is 0 Å². The summed E-state index contributed by atoms with van der Waals surface area (Å²) in [5.74, 6) is 1.19. The summed E-state index contributed by atoms with van der Waals surface area (Å²) >= 11 is 0. The number of ether oxygens (including phenoxy) is 1. The molecule has 1 amide bonds. The Balaban J connectivity index is 1.48. The zero-order valence-electron chi connectivity index (χ0n) is 17.3. The molecular formula is C25H22N4O2. The van der Waals surface area contributed by atoms with E-state index in [4.69, 9.17) is 4.74 Å². The van der Waals surface area contributed by atoms with Gasteiger partial charge in [-0.15, -0.1) is 0 Å². The van der Waals surface area contributed by atoms with E-state index >= 15 is 0 Å². The summed E-state index contributed by atoms with van der Waals surface area (Å²) in [4.78, 5) is 21.3. The Hall–Kier alpha value is -4.19. The minimum Gasteiger partial charge on any atom is -0.497 e. The first-order valence-corrected chi connectivity index (χ1v) is 9.82. The van der Waals surface area contributed by atoms with Gasteiger partial charge in [-0.2, -0.15) is 0 Å². The quantitative estimate of drug-likeness (QED) is 0.442. The predicted molar refractivity (Wildman–Crippen MR) is 123 cm³/mol. The van der Waals surface area contributed by atoms with Crippen molar-refractivity contribution in [2.24, 2.45) is 0 Å². The second-order valence-corrected chi connectivity index (χ2v) is 7.04. The van der Waals surface area contributed by atoms with E-state index < -0.39 is 0 Å². The van der Waals surface area contributed by atoms with Crippen LogP contribution in [0.3, 0.4) is 0 Å². The largest absolute Gasteiger partial charge is 0.497 e. The minimum atomic E-state index is -0.197. The van der Waals surface area contributed by atoms with Crippen LogP contribution in [-0.4, -0.2) is 23.0 Å². The molecule has 0 aliphatic heterocycles. The first kappa shape index (κ1) is 20.1. The summed E-state index contributed by atoms with van der Waals surface area (Å²) in [5, 5.41) is 6.14. The molecular weight excluding hydrogens is 388 g/mol. The van der Waals surface area contributed by atoms with Gasteiger partial charge in [-0.25, -0.2) is 9.97 Å². The number of rotatable bonds is 6. The van der Waals surface area contributed by atoms with Gasteiger partial charge in [0.2, 0.25) is 0 Å². The van der Waals surface area contributed by atoms with E-state index in [2.05, 4.69) is 39.7 Å². The minimum absolute atomic E-state index is 0.197. The van der Waals surface area contributed by atoms with Gasteiger partial charge in [-0.05, 0) is 49.4 Å². The Morgan fingerprint density at radius 3 is 2.39 bits per heavy atom. The van der Waals surface area contributed by atoms with Crippen LogP contribution >= 0.6 is 0 Å². The fourth-order valence-corrected chi connectivity index (χ4v) is 3.07. The number of benzene rings is 3. The molecule has 0 fully saturated rings. The van der Waals surface area contributed by atoms with Crippen molar-refractivity contribution in [2.75, 3.05) is 17.7 Å². The third-order valence-electron chi connectivity index (χ3n) is 4.76. The van der Waals surface area contributed by atoms with E-state index in [0.29, 0.717) is 17.1 Å². The van der Waals surface area contributed by atoms with Crippen LogP contribution in [-0.2, 0) is 0 Å². The van der Waals surface area contributed by atoms with Crippen LogP contribution in [0.5, 0.6) is 5.75 Å². The molecule has 0 saturated carbocycles. The van der Waals surface area contributed by atoms with Crippen molar-refractivity contribution in [1.82, 2.24) is 9.97 Å². The van der Waals surface area contributed by atoms with Crippen LogP contribution in [0.2, 0.25) is 0 Å². The Bertz CT molecular complexity index is 1190. The fraction of sp³-hybridized carbons (Fsp3) is 0.0800. The van der Waals surface area contributed by atoms with E-state index in [1.54, 1.807) is 43.5 Å². The first-order valence-electron chi connectivity index (χ1n) is 9.82. The molecule has 0 atom stereocenters. The van der Waals surface area contributed by atoms with E-state index in [9.17, 15) is 4.79 Å². The Morgan fingerprint density at radius 1 is 0.871 bits per heavy atom. The number of aromatic nitrogens is 2. The normalized spacial score (nSPS) is 10.4. The lowest BCUT2D eigenvalue weighted by Crippen LogP contribution is -2.12. The highest BCUT2D eigenvalue weighted by Crippen LogP contribution is 2.22. The number of carbonyl (C=O) groups is 1. The van der Waals surface area contributed by atoms with Crippen LogP contribution < -0.4 is 15.4 Å². The molecule has 0 bridgehead atoms. The predicted octanol–water partition coefficient (Wildman–Crippen LogP) is 5.46. The summed E-state index contributed by atoms with van der Waals surface area (Å²) in [6, 6.07) is 24.5. The smallest absolute Gasteiger partial charge is 0.255 e. The molecule has 0 saturated heterocycles. The van der Waals surface area contributed by atoms with Crippen molar-refractivity contribution < 1.29 is 9.53 Å². The van der Waals surface area contributed by atoms with Gasteiger partial charge in [0.05, 0.1) is 12.8 Å². The van der Waals surface area contributed by atoms with Gasteiger partial charge in [-0.3, -0.25) is 4.79 Å². The number of amides is 1. The number of hydrogen-bond donors (Lipinski definition) is 2. The molecule has 0 aliphatic carbocycles. The van der Waals surface area contributed by atoms with Crippen LogP contribution in [0.15, 0.2) is 85.2 Å². The van der Waals surface area contributed by atoms with Crippen LogP contribution in [0.25, 0.3) is 11.3 Å². The van der Waals surface area contributed by atoms with Gasteiger partial charge in [0.1, 0.15) is 17.9 Å². The molecule has 6 nitrogen and oxygen atoms in total. The monoisotopic (exact) mass is 410 g/mol. The van der Waals surface area contributed by atoms with E-state index in [1.807, 2.05) is 30.3 Å². The molecule has 0 unspecified atom stereocenters. The number of aryl methyl sites for hydroxylation is 1. The third kappa shape index (κ3) is 5.05. The standard InChI is InChI=1S/C25H22N4O2/c1-17-6-8-18(9-7-17)23-15-24(27-16-26-23)28-21-5-3-4-19(14-21)25(30)29-20-10-12-22(31-2)13-11-20/h3-16H,1-2H3,(H,29,30)(H,26,27,28). The van der Waals surface area contributed by atoms with E-state index in [0.717, 1.165) is 22.7 Å². The van der Waals surface area contributed by atoms with Crippen molar-refractivity contribution in [2.45, 2.75) is 6.92 Å². The summed E-state index contributed by atoms with van der Waals surface area (Å²) in [6.07, 6.45) is 1.53. The number of carbonyl (C=O) groups excluding carboxylic acids is 1. The topological polar surface area (TPSA) is 76.1 Å². The molecule has 4 rings (SSSR count). The van der Waals surface area contributed by atoms with Crippen molar-refractivity contribution in [3.8, 4) is 17.0 Å². The molecule has 1 heterocycles. The van der Waals surface area contributed by atoms with Gasteiger partial charge in [0.15, 0.2) is 0 Å². The van der Waals surface area contributed by atoms with Crippen LogP contribution in [0.4, 0.5) is 17.2 Å². The van der Waals surface area contributed by atoms with Crippen LogP contribution in [0, 0.1) is 6.92 Å². The maximum Gasteiger partial charge on any atom is 0.255 e. The van der Waals surface area contributed by atoms with Crippen molar-refractivity contribution in [3.05, 3.63) is 96.3 Å². The number of nitrogens with one attached hydrogen (secondary N) is 2. The van der Waals surface area contributed by atoms with Gasteiger partial charge in [0.25, 0.3) is 5.91 Å². The summed E-state index contributed by atoms with van der Waals surface area (Å²) in [5.41, 5.74) is 5.03. The molecule has 3 aromatic carbocycles. The summed E-state index contributed by atoms with van der Waals surface area (Å²) in [6.45, 7) is 2.05. The first-order chi connectivity index (χ1) is 15.1. The Morgan fingerprint density at radius 2 is 1.65 bits per heavy atom. The summed E-state index contributed by atoms with van der Waals surface area (Å²) < 4.78 is 5.14. The number of methoxy groups -OCH3 is 1. The van der Waals surface area contributed by atoms with Gasteiger partial charge in [0, 0.05) is 28.6 Å². The second kappa shape index (κ2) is 9.09. The average Bonchev–Trinajstić information content (AvgIpc) is 2.80. The Kier molecular flexibility index (Phi) is 5.89. The van der Waals surface area contributed by atoms with Crippen molar-refractivity contribution >= 4 is 23.1 Å². The van der Waals surface area contributed by atoms with Crippen molar-refractivity contribution in [3.63, 3.8) is 0 Å². The fourth-order valence-electron chi connectivity index (χ4n) is 3.07. The number of anilines is 3. The molecule has 6 heteroatoms. The second-order valence-electron chi connectivity index (χ2n) is 7.04. The molecule has 4 aromatic rings. The van der Waals surface area contributed by atoms with E-state index in [1.165, 1.54) is 11.9 Å². The molecule has 0 aliphatic rings. The van der Waals surface area contributed by atoms with E-state index in [-0.39, 0.29) is 5.91 Å². The number of hydrogen-bond acceptors (Lipinski definition) is 5. The number of nitrogens with zero attached hydrogens (tertiary/aromatic N) is 2.